The molecule has 1 aromatic carbocycles. The first-order chi connectivity index (χ1) is 8.19. The van der Waals surface area contributed by atoms with Crippen LogP contribution in [0.5, 0.6) is 0 Å². The Balaban J connectivity index is 2.07. The van der Waals surface area contributed by atoms with Crippen LogP contribution in [0.4, 0.5) is 5.69 Å². The van der Waals surface area contributed by atoms with Crippen LogP contribution in [0.25, 0.3) is 0 Å². The second-order valence-corrected chi connectivity index (χ2v) is 4.33. The summed E-state index contributed by atoms with van der Waals surface area (Å²) in [5, 5.41) is 7.90. The Morgan fingerprint density at radius 2 is 2.06 bits per heavy atom. The number of aromatic nitrogens is 2. The van der Waals surface area contributed by atoms with Gasteiger partial charge in [-0.1, -0.05) is 19.1 Å². The van der Waals surface area contributed by atoms with Crippen molar-refractivity contribution in [2.75, 3.05) is 5.32 Å². The Morgan fingerprint density at radius 1 is 1.35 bits per heavy atom. The molecule has 0 unspecified atom stereocenters. The van der Waals surface area contributed by atoms with E-state index in [1.54, 1.807) is 10.9 Å². The van der Waals surface area contributed by atoms with Gasteiger partial charge in [-0.2, -0.15) is 5.10 Å². The minimum absolute atomic E-state index is 0.586. The largest absolute Gasteiger partial charge is 0.331 e. The average molecular weight is 245 g/mol. The topological polar surface area (TPSA) is 29.9 Å². The van der Waals surface area contributed by atoms with Crippen LogP contribution in [-0.4, -0.2) is 14.9 Å². The number of thiocarbonyl (C=S) groups is 1. The minimum atomic E-state index is 0.586. The molecule has 0 atom stereocenters. The Morgan fingerprint density at radius 3 is 2.59 bits per heavy atom. The molecule has 2 rings (SSSR count). The van der Waals surface area contributed by atoms with Crippen molar-refractivity contribution in [2.24, 2.45) is 0 Å². The number of anilines is 1. The fourth-order valence-electron chi connectivity index (χ4n) is 1.53. The molecule has 0 spiro atoms. The van der Waals surface area contributed by atoms with Gasteiger partial charge in [0.05, 0.1) is 6.20 Å². The Labute approximate surface area is 106 Å². The third kappa shape index (κ3) is 2.91. The number of benzene rings is 1. The summed E-state index contributed by atoms with van der Waals surface area (Å²) in [4.78, 5) is 0. The molecule has 17 heavy (non-hydrogen) atoms. The molecular weight excluding hydrogens is 230 g/mol. The number of nitrogens with zero attached hydrogens (tertiary/aromatic N) is 2. The van der Waals surface area contributed by atoms with Crippen LogP contribution in [0.2, 0.25) is 0 Å². The van der Waals surface area contributed by atoms with Crippen molar-refractivity contribution in [1.82, 2.24) is 9.78 Å². The quantitative estimate of drug-likeness (QED) is 0.825. The van der Waals surface area contributed by atoms with Gasteiger partial charge in [0, 0.05) is 11.9 Å². The van der Waals surface area contributed by atoms with E-state index >= 15 is 0 Å². The Hall–Kier alpha value is -1.68. The molecule has 1 heterocycles. The summed E-state index contributed by atoms with van der Waals surface area (Å²) >= 11 is 5.27. The van der Waals surface area contributed by atoms with E-state index in [-0.39, 0.29) is 0 Å². The molecule has 0 aliphatic rings. The number of rotatable bonds is 2. The van der Waals surface area contributed by atoms with Gasteiger partial charge in [-0.15, -0.1) is 0 Å². The number of hydrogen-bond acceptors (Lipinski definition) is 2. The van der Waals surface area contributed by atoms with Gasteiger partial charge in [-0.05, 0) is 48.8 Å². The maximum atomic E-state index is 5.27. The normalized spacial score (nSPS) is 10.2. The van der Waals surface area contributed by atoms with Crippen molar-refractivity contribution < 1.29 is 0 Å². The zero-order chi connectivity index (χ0) is 12.3. The first-order valence-electron chi connectivity index (χ1n) is 5.60. The Bertz CT molecular complexity index is 514. The summed E-state index contributed by atoms with van der Waals surface area (Å²) in [5.41, 5.74) is 3.40. The lowest BCUT2D eigenvalue weighted by atomic mass is 10.1. The molecule has 0 bridgehead atoms. The van der Waals surface area contributed by atoms with E-state index in [1.165, 1.54) is 5.56 Å². The van der Waals surface area contributed by atoms with Crippen LogP contribution in [0.1, 0.15) is 18.1 Å². The molecule has 3 nitrogen and oxygen atoms in total. The minimum Gasteiger partial charge on any atom is -0.331 e. The van der Waals surface area contributed by atoms with Crippen LogP contribution in [-0.2, 0) is 6.42 Å². The molecule has 0 saturated carbocycles. The van der Waals surface area contributed by atoms with Crippen molar-refractivity contribution in [3.8, 4) is 0 Å². The van der Waals surface area contributed by atoms with Gasteiger partial charge in [-0.3, -0.25) is 0 Å². The summed E-state index contributed by atoms with van der Waals surface area (Å²) < 4.78 is 1.67. The monoisotopic (exact) mass is 245 g/mol. The number of nitrogens with one attached hydrogen (secondary N) is 1. The molecule has 2 aromatic rings. The lowest BCUT2D eigenvalue weighted by Gasteiger charge is -2.08. The molecule has 4 heteroatoms. The highest BCUT2D eigenvalue weighted by atomic mass is 32.1. The van der Waals surface area contributed by atoms with Crippen LogP contribution in [0.3, 0.4) is 0 Å². The van der Waals surface area contributed by atoms with Gasteiger partial charge < -0.3 is 5.32 Å². The van der Waals surface area contributed by atoms with Gasteiger partial charge in [0.1, 0.15) is 0 Å². The van der Waals surface area contributed by atoms with Gasteiger partial charge >= 0.3 is 0 Å². The average Bonchev–Trinajstić information content (AvgIpc) is 2.77. The van der Waals surface area contributed by atoms with Crippen molar-refractivity contribution in [2.45, 2.75) is 20.3 Å². The van der Waals surface area contributed by atoms with Gasteiger partial charge in [0.15, 0.2) is 5.11 Å². The van der Waals surface area contributed by atoms with Crippen molar-refractivity contribution in [1.29, 1.82) is 0 Å². The number of hydrogen-bond donors (Lipinski definition) is 1. The molecule has 0 aliphatic heterocycles. The SMILES string of the molecule is CCc1ccc(NC(=S)n2cc(C)cn2)cc1. The standard InChI is InChI=1S/C13H15N3S/c1-3-11-4-6-12(7-5-11)15-13(17)16-9-10(2)8-14-16/h4-9H,3H2,1-2H3,(H,15,17). The van der Waals surface area contributed by atoms with Crippen molar-refractivity contribution >= 4 is 23.0 Å². The van der Waals surface area contributed by atoms with Crippen LogP contribution >= 0.6 is 12.2 Å². The molecule has 0 aliphatic carbocycles. The molecule has 0 fully saturated rings. The molecule has 0 amide bonds. The predicted molar refractivity (Wildman–Crippen MR) is 74.4 cm³/mol. The van der Waals surface area contributed by atoms with Crippen LogP contribution < -0.4 is 5.32 Å². The van der Waals surface area contributed by atoms with Crippen molar-refractivity contribution in [3.63, 3.8) is 0 Å². The second-order valence-electron chi connectivity index (χ2n) is 3.94. The first-order valence-corrected chi connectivity index (χ1v) is 6.01. The van der Waals surface area contributed by atoms with Crippen LogP contribution in [0.15, 0.2) is 36.7 Å². The highest BCUT2D eigenvalue weighted by molar-refractivity contribution is 7.80. The van der Waals surface area contributed by atoms with Crippen LogP contribution in [0, 0.1) is 6.92 Å². The summed E-state index contributed by atoms with van der Waals surface area (Å²) in [6.45, 7) is 4.13. The molecule has 1 aromatic heterocycles. The molecule has 0 saturated heterocycles. The molecule has 0 radical (unpaired) electrons. The summed E-state index contributed by atoms with van der Waals surface area (Å²) in [6.07, 6.45) is 4.73. The molecule has 1 N–H and O–H groups in total. The fraction of sp³-hybridized carbons (Fsp3) is 0.231. The lowest BCUT2D eigenvalue weighted by Crippen LogP contribution is -2.19. The van der Waals surface area contributed by atoms with E-state index in [2.05, 4.69) is 29.5 Å². The Kier molecular flexibility index (Phi) is 3.54. The second kappa shape index (κ2) is 5.10. The van der Waals surface area contributed by atoms with Crippen molar-refractivity contribution in [3.05, 3.63) is 47.8 Å². The maximum Gasteiger partial charge on any atom is 0.198 e. The van der Waals surface area contributed by atoms with E-state index in [0.717, 1.165) is 17.7 Å². The zero-order valence-corrected chi connectivity index (χ0v) is 10.8. The highest BCUT2D eigenvalue weighted by Gasteiger charge is 2.01. The fourth-order valence-corrected chi connectivity index (χ4v) is 1.75. The van der Waals surface area contributed by atoms with E-state index in [9.17, 15) is 0 Å². The smallest absolute Gasteiger partial charge is 0.198 e. The first kappa shape index (κ1) is 11.8. The summed E-state index contributed by atoms with van der Waals surface area (Å²) in [5.74, 6) is 0. The van der Waals surface area contributed by atoms with E-state index in [4.69, 9.17) is 12.2 Å². The third-order valence-corrected chi connectivity index (χ3v) is 2.82. The van der Waals surface area contributed by atoms with Gasteiger partial charge in [0.25, 0.3) is 0 Å². The highest BCUT2D eigenvalue weighted by Crippen LogP contribution is 2.10. The summed E-state index contributed by atoms with van der Waals surface area (Å²) in [6, 6.07) is 8.25. The van der Waals surface area contributed by atoms with Gasteiger partial charge in [0.2, 0.25) is 0 Å². The van der Waals surface area contributed by atoms with E-state index in [1.807, 2.05) is 25.3 Å². The third-order valence-electron chi connectivity index (χ3n) is 2.53. The van der Waals surface area contributed by atoms with Gasteiger partial charge in [-0.25, -0.2) is 4.68 Å². The van der Waals surface area contributed by atoms with E-state index in [0.29, 0.717) is 5.11 Å². The molecule has 88 valence electrons. The summed E-state index contributed by atoms with van der Waals surface area (Å²) in [7, 11) is 0. The van der Waals surface area contributed by atoms with E-state index < -0.39 is 0 Å². The predicted octanol–water partition coefficient (Wildman–Crippen LogP) is 3.00. The zero-order valence-electron chi connectivity index (χ0n) is 9.97. The lowest BCUT2D eigenvalue weighted by molar-refractivity contribution is 0.947. The number of aryl methyl sites for hydroxylation is 2. The maximum absolute atomic E-state index is 5.27. The molecular formula is C13H15N3S.